The second-order valence-electron chi connectivity index (χ2n) is 5.17. The molecule has 0 bridgehead atoms. The van der Waals surface area contributed by atoms with Gasteiger partial charge in [0.1, 0.15) is 0 Å². The normalized spacial score (nSPS) is 11.3. The predicted octanol–water partition coefficient (Wildman–Crippen LogP) is 4.78. The van der Waals surface area contributed by atoms with E-state index >= 15 is 0 Å². The topological polar surface area (TPSA) is 42.0 Å². The number of nitrogens with one attached hydrogen (secondary N) is 1. The fourth-order valence-corrected chi connectivity index (χ4v) is 2.66. The van der Waals surface area contributed by atoms with Crippen molar-refractivity contribution < 1.29 is 18.0 Å². The summed E-state index contributed by atoms with van der Waals surface area (Å²) in [5, 5.41) is 3.12. The number of thioether (sulfide) groups is 1. The molecule has 2 aromatic rings. The third-order valence-corrected chi connectivity index (χ3v) is 4.13. The van der Waals surface area contributed by atoms with Crippen LogP contribution in [0.15, 0.2) is 47.6 Å². The van der Waals surface area contributed by atoms with Crippen molar-refractivity contribution in [1.82, 2.24) is 4.98 Å². The van der Waals surface area contributed by atoms with E-state index in [9.17, 15) is 18.0 Å². The van der Waals surface area contributed by atoms with Crippen LogP contribution in [0.25, 0.3) is 0 Å². The fourth-order valence-electron chi connectivity index (χ4n) is 2.01. The SMILES string of the molecule is CCCc1ccc(NC(=O)CSc2ccc(C(F)(F)F)cn2)cc1. The first-order valence-corrected chi connectivity index (χ1v) is 8.42. The van der Waals surface area contributed by atoms with Crippen molar-refractivity contribution in [3.05, 3.63) is 53.7 Å². The summed E-state index contributed by atoms with van der Waals surface area (Å²) in [6.45, 7) is 2.10. The van der Waals surface area contributed by atoms with Gasteiger partial charge in [0.05, 0.1) is 16.3 Å². The molecule has 1 heterocycles. The van der Waals surface area contributed by atoms with Crippen LogP contribution in [0.3, 0.4) is 0 Å². The van der Waals surface area contributed by atoms with Gasteiger partial charge in [0.2, 0.25) is 5.91 Å². The Morgan fingerprint density at radius 2 is 1.88 bits per heavy atom. The standard InChI is InChI=1S/C17H17F3N2OS/c1-2-3-12-4-7-14(8-5-12)22-15(23)11-24-16-9-6-13(10-21-16)17(18,19)20/h4-10H,2-3,11H2,1H3,(H,22,23). The third kappa shape index (κ3) is 5.56. The first kappa shape index (κ1) is 18.3. The lowest BCUT2D eigenvalue weighted by Gasteiger charge is -2.08. The molecule has 24 heavy (non-hydrogen) atoms. The summed E-state index contributed by atoms with van der Waals surface area (Å²) in [6.07, 6.45) is -1.59. The number of hydrogen-bond donors (Lipinski definition) is 1. The Labute approximate surface area is 142 Å². The maximum absolute atomic E-state index is 12.4. The molecule has 0 radical (unpaired) electrons. The molecule has 0 unspecified atom stereocenters. The van der Waals surface area contributed by atoms with Gasteiger partial charge in [-0.25, -0.2) is 4.98 Å². The van der Waals surface area contributed by atoms with Crippen LogP contribution in [0.1, 0.15) is 24.5 Å². The number of hydrogen-bond acceptors (Lipinski definition) is 3. The third-order valence-electron chi connectivity index (χ3n) is 3.19. The number of carbonyl (C=O) groups excluding carboxylic acids is 1. The van der Waals surface area contributed by atoms with E-state index in [1.54, 1.807) is 0 Å². The zero-order valence-electron chi connectivity index (χ0n) is 13.1. The van der Waals surface area contributed by atoms with E-state index in [0.717, 1.165) is 36.9 Å². The molecule has 0 aliphatic heterocycles. The summed E-state index contributed by atoms with van der Waals surface area (Å²) in [7, 11) is 0. The van der Waals surface area contributed by atoms with Crippen molar-refractivity contribution >= 4 is 23.4 Å². The van der Waals surface area contributed by atoms with Gasteiger partial charge in [-0.2, -0.15) is 13.2 Å². The molecule has 3 nitrogen and oxygen atoms in total. The molecule has 1 N–H and O–H groups in total. The summed E-state index contributed by atoms with van der Waals surface area (Å²) in [6, 6.07) is 9.82. The minimum Gasteiger partial charge on any atom is -0.325 e. The highest BCUT2D eigenvalue weighted by atomic mass is 32.2. The summed E-state index contributed by atoms with van der Waals surface area (Å²) in [5.41, 5.74) is 1.10. The van der Waals surface area contributed by atoms with Crippen LogP contribution in [0.2, 0.25) is 0 Å². The van der Waals surface area contributed by atoms with E-state index in [2.05, 4.69) is 17.2 Å². The Hall–Kier alpha value is -2.02. The summed E-state index contributed by atoms with van der Waals surface area (Å²) in [4.78, 5) is 15.6. The van der Waals surface area contributed by atoms with Gasteiger partial charge < -0.3 is 5.32 Å². The molecule has 0 aliphatic rings. The number of aromatic nitrogens is 1. The van der Waals surface area contributed by atoms with Crippen molar-refractivity contribution in [1.29, 1.82) is 0 Å². The molecular weight excluding hydrogens is 337 g/mol. The molecule has 1 aromatic heterocycles. The maximum Gasteiger partial charge on any atom is 0.417 e. The second-order valence-corrected chi connectivity index (χ2v) is 6.16. The van der Waals surface area contributed by atoms with E-state index in [0.29, 0.717) is 10.7 Å². The van der Waals surface area contributed by atoms with Crippen molar-refractivity contribution in [2.45, 2.75) is 31.0 Å². The van der Waals surface area contributed by atoms with Crippen LogP contribution in [-0.2, 0) is 17.4 Å². The fraction of sp³-hybridized carbons (Fsp3) is 0.294. The lowest BCUT2D eigenvalue weighted by atomic mass is 10.1. The van der Waals surface area contributed by atoms with Crippen molar-refractivity contribution in [3.63, 3.8) is 0 Å². The monoisotopic (exact) mass is 354 g/mol. The van der Waals surface area contributed by atoms with E-state index in [1.807, 2.05) is 24.3 Å². The zero-order chi connectivity index (χ0) is 17.6. The van der Waals surface area contributed by atoms with Crippen molar-refractivity contribution in [2.75, 3.05) is 11.1 Å². The quantitative estimate of drug-likeness (QED) is 0.759. The van der Waals surface area contributed by atoms with Crippen LogP contribution in [0, 0.1) is 0 Å². The minimum atomic E-state index is -4.41. The molecule has 7 heteroatoms. The smallest absolute Gasteiger partial charge is 0.325 e. The van der Waals surface area contributed by atoms with Crippen LogP contribution in [0.4, 0.5) is 18.9 Å². The highest BCUT2D eigenvalue weighted by Crippen LogP contribution is 2.29. The van der Waals surface area contributed by atoms with Crippen molar-refractivity contribution in [3.8, 4) is 0 Å². The first-order chi connectivity index (χ1) is 11.4. The predicted molar refractivity (Wildman–Crippen MR) is 89.0 cm³/mol. The Balaban J connectivity index is 1.84. The Bertz CT molecular complexity index is 670. The molecule has 0 fully saturated rings. The maximum atomic E-state index is 12.4. The van der Waals surface area contributed by atoms with E-state index in [-0.39, 0.29) is 11.7 Å². The molecular formula is C17H17F3N2OS. The molecule has 1 amide bonds. The van der Waals surface area contributed by atoms with Gasteiger partial charge in [0.15, 0.2) is 0 Å². The number of halogens is 3. The Kier molecular flexibility index (Phi) is 6.25. The highest BCUT2D eigenvalue weighted by molar-refractivity contribution is 7.99. The van der Waals surface area contributed by atoms with Gasteiger partial charge in [-0.3, -0.25) is 4.79 Å². The van der Waals surface area contributed by atoms with Gasteiger partial charge >= 0.3 is 6.18 Å². The van der Waals surface area contributed by atoms with Gasteiger partial charge in [-0.05, 0) is 36.2 Å². The van der Waals surface area contributed by atoms with E-state index in [1.165, 1.54) is 11.6 Å². The largest absolute Gasteiger partial charge is 0.417 e. The molecule has 128 valence electrons. The van der Waals surface area contributed by atoms with Gasteiger partial charge in [0, 0.05) is 11.9 Å². The average Bonchev–Trinajstić information content (AvgIpc) is 2.55. The number of nitrogens with zero attached hydrogens (tertiary/aromatic N) is 1. The number of benzene rings is 1. The average molecular weight is 354 g/mol. The summed E-state index contributed by atoms with van der Waals surface area (Å²) in [5.74, 6) is -0.153. The summed E-state index contributed by atoms with van der Waals surface area (Å²) < 4.78 is 37.3. The number of rotatable bonds is 6. The molecule has 0 aliphatic carbocycles. The van der Waals surface area contributed by atoms with E-state index in [4.69, 9.17) is 0 Å². The second kappa shape index (κ2) is 8.19. The molecule has 2 rings (SSSR count). The molecule has 0 atom stereocenters. The van der Waals surface area contributed by atoms with Crippen molar-refractivity contribution in [2.24, 2.45) is 0 Å². The minimum absolute atomic E-state index is 0.0784. The molecule has 0 spiro atoms. The van der Waals surface area contributed by atoms with Crippen LogP contribution in [0.5, 0.6) is 0 Å². The molecule has 1 aromatic carbocycles. The Morgan fingerprint density at radius 1 is 1.17 bits per heavy atom. The summed E-state index contributed by atoms with van der Waals surface area (Å²) >= 11 is 1.09. The first-order valence-electron chi connectivity index (χ1n) is 7.43. The number of anilines is 1. The lowest BCUT2D eigenvalue weighted by Crippen LogP contribution is -2.14. The van der Waals surface area contributed by atoms with Gasteiger partial charge in [-0.15, -0.1) is 0 Å². The zero-order valence-corrected chi connectivity index (χ0v) is 13.9. The van der Waals surface area contributed by atoms with Crippen LogP contribution >= 0.6 is 11.8 Å². The number of pyridine rings is 1. The van der Waals surface area contributed by atoms with Gasteiger partial charge in [-0.1, -0.05) is 37.2 Å². The lowest BCUT2D eigenvalue weighted by molar-refractivity contribution is -0.137. The van der Waals surface area contributed by atoms with Crippen LogP contribution < -0.4 is 5.32 Å². The number of alkyl halides is 3. The van der Waals surface area contributed by atoms with Gasteiger partial charge in [0.25, 0.3) is 0 Å². The Morgan fingerprint density at radius 3 is 2.42 bits per heavy atom. The van der Waals surface area contributed by atoms with E-state index < -0.39 is 11.7 Å². The number of aryl methyl sites for hydroxylation is 1. The number of carbonyl (C=O) groups is 1. The highest BCUT2D eigenvalue weighted by Gasteiger charge is 2.30. The van der Waals surface area contributed by atoms with Crippen LogP contribution in [-0.4, -0.2) is 16.6 Å². The molecule has 0 saturated heterocycles. The number of amides is 1. The molecule has 0 saturated carbocycles.